The van der Waals surface area contributed by atoms with Crippen LogP contribution in [0.5, 0.6) is 5.75 Å². The molecule has 3 aromatic rings. The largest absolute Gasteiger partial charge is 0.488 e. The quantitative estimate of drug-likeness (QED) is 0.463. The molecule has 2 amide bonds. The van der Waals surface area contributed by atoms with Crippen LogP contribution in [0.1, 0.15) is 6.92 Å². The monoisotopic (exact) mass is 394 g/mol. The van der Waals surface area contributed by atoms with E-state index in [0.29, 0.717) is 41.9 Å². The van der Waals surface area contributed by atoms with Gasteiger partial charge in [-0.2, -0.15) is 0 Å². The Labute approximate surface area is 168 Å². The molecule has 29 heavy (non-hydrogen) atoms. The molecule has 0 aliphatic rings. The van der Waals surface area contributed by atoms with Crippen LogP contribution in [0.2, 0.25) is 0 Å². The van der Waals surface area contributed by atoms with Gasteiger partial charge in [0.15, 0.2) is 17.4 Å². The van der Waals surface area contributed by atoms with Crippen molar-refractivity contribution in [3.05, 3.63) is 55.0 Å². The lowest BCUT2D eigenvalue weighted by molar-refractivity contribution is 0.262. The highest BCUT2D eigenvalue weighted by Crippen LogP contribution is 2.25. The number of carbonyl (C=O) groups is 1. The van der Waals surface area contributed by atoms with Gasteiger partial charge in [0, 0.05) is 35.9 Å². The van der Waals surface area contributed by atoms with Gasteiger partial charge in [0.05, 0.1) is 19.4 Å². The van der Waals surface area contributed by atoms with Gasteiger partial charge < -0.3 is 25.8 Å². The minimum atomic E-state index is -0.350. The minimum Gasteiger partial charge on any atom is -0.488 e. The van der Waals surface area contributed by atoms with Crippen molar-refractivity contribution in [1.29, 1.82) is 0 Å². The van der Waals surface area contributed by atoms with E-state index in [1.54, 1.807) is 42.9 Å². The predicted octanol–water partition coefficient (Wildman–Crippen LogP) is 2.99. The molecule has 4 N–H and O–H groups in total. The van der Waals surface area contributed by atoms with E-state index in [2.05, 4.69) is 30.9 Å². The van der Waals surface area contributed by atoms with Crippen LogP contribution in [0.15, 0.2) is 55.0 Å². The molecule has 0 spiro atoms. The maximum Gasteiger partial charge on any atom is 0.323 e. The molecular formula is C20H22N6O3. The van der Waals surface area contributed by atoms with Gasteiger partial charge >= 0.3 is 6.03 Å². The molecule has 1 aromatic carbocycles. The zero-order valence-electron chi connectivity index (χ0n) is 15.9. The van der Waals surface area contributed by atoms with Gasteiger partial charge in [0.25, 0.3) is 0 Å². The summed E-state index contributed by atoms with van der Waals surface area (Å²) in [4.78, 5) is 24.8. The number of urea groups is 1. The number of pyridine rings is 1. The van der Waals surface area contributed by atoms with Crippen molar-refractivity contribution in [2.75, 3.05) is 35.7 Å². The van der Waals surface area contributed by atoms with E-state index < -0.39 is 0 Å². The number of hydrogen-bond acceptors (Lipinski definition) is 7. The normalized spacial score (nSPS) is 10.3. The first kappa shape index (κ1) is 20.0. The Morgan fingerprint density at radius 2 is 1.76 bits per heavy atom. The lowest BCUT2D eigenvalue weighted by atomic mass is 10.2. The van der Waals surface area contributed by atoms with Crippen LogP contribution in [0.4, 0.5) is 22.0 Å². The lowest BCUT2D eigenvalue weighted by Gasteiger charge is -2.12. The number of ether oxygens (including phenoxy) is 1. The van der Waals surface area contributed by atoms with Crippen molar-refractivity contribution in [1.82, 2.24) is 15.0 Å². The van der Waals surface area contributed by atoms with Gasteiger partial charge in [-0.3, -0.25) is 4.98 Å². The molecular weight excluding hydrogens is 372 g/mol. The second kappa shape index (κ2) is 10.00. The van der Waals surface area contributed by atoms with E-state index in [4.69, 9.17) is 9.84 Å². The summed E-state index contributed by atoms with van der Waals surface area (Å²) >= 11 is 0. The maximum absolute atomic E-state index is 12.1. The number of aliphatic hydroxyl groups excluding tert-OH is 1. The Kier molecular flexibility index (Phi) is 6.90. The molecule has 0 unspecified atom stereocenters. The number of aromatic nitrogens is 3. The van der Waals surface area contributed by atoms with Crippen LogP contribution in [0.3, 0.4) is 0 Å². The summed E-state index contributed by atoms with van der Waals surface area (Å²) in [6, 6.07) is 10.2. The third kappa shape index (κ3) is 5.63. The standard InChI is InChI=1S/C20H22N6O3/c1-2-29-17-13-23-18(26-19(17)22-11-12-27)14-3-5-15(6-4-14)24-20(28)25-16-7-9-21-10-8-16/h3-10,13,27H,2,11-12H2,1H3,(H,22,23,26)(H2,21,24,25,28). The Morgan fingerprint density at radius 3 is 2.41 bits per heavy atom. The molecule has 2 heterocycles. The first-order valence-electron chi connectivity index (χ1n) is 9.12. The van der Waals surface area contributed by atoms with Crippen LogP contribution >= 0.6 is 0 Å². The van der Waals surface area contributed by atoms with Crippen molar-refractivity contribution in [2.45, 2.75) is 6.92 Å². The summed E-state index contributed by atoms with van der Waals surface area (Å²) in [5.41, 5.74) is 2.06. The van der Waals surface area contributed by atoms with Crippen molar-refractivity contribution < 1.29 is 14.6 Å². The lowest BCUT2D eigenvalue weighted by Crippen LogP contribution is -2.19. The van der Waals surface area contributed by atoms with Gasteiger partial charge in [-0.15, -0.1) is 0 Å². The molecule has 0 aliphatic heterocycles. The molecule has 0 atom stereocenters. The highest BCUT2D eigenvalue weighted by atomic mass is 16.5. The molecule has 9 nitrogen and oxygen atoms in total. The van der Waals surface area contributed by atoms with Gasteiger partial charge in [-0.25, -0.2) is 14.8 Å². The molecule has 0 saturated heterocycles. The van der Waals surface area contributed by atoms with Crippen molar-refractivity contribution >= 4 is 23.2 Å². The first-order chi connectivity index (χ1) is 14.2. The van der Waals surface area contributed by atoms with Gasteiger partial charge in [-0.05, 0) is 43.3 Å². The van der Waals surface area contributed by atoms with Gasteiger partial charge in [0.1, 0.15) is 0 Å². The smallest absolute Gasteiger partial charge is 0.323 e. The number of nitrogens with one attached hydrogen (secondary N) is 3. The van der Waals surface area contributed by atoms with Crippen LogP contribution in [0.25, 0.3) is 11.4 Å². The number of rotatable bonds is 8. The Morgan fingerprint density at radius 1 is 1.07 bits per heavy atom. The molecule has 0 aliphatic carbocycles. The fourth-order valence-electron chi connectivity index (χ4n) is 2.50. The zero-order valence-corrected chi connectivity index (χ0v) is 15.9. The molecule has 0 radical (unpaired) electrons. The fraction of sp³-hybridized carbons (Fsp3) is 0.200. The first-order valence-corrected chi connectivity index (χ1v) is 9.12. The molecule has 0 fully saturated rings. The van der Waals surface area contributed by atoms with E-state index >= 15 is 0 Å². The third-order valence-corrected chi connectivity index (χ3v) is 3.80. The zero-order chi connectivity index (χ0) is 20.5. The third-order valence-electron chi connectivity index (χ3n) is 3.80. The highest BCUT2D eigenvalue weighted by Gasteiger charge is 2.10. The van der Waals surface area contributed by atoms with Crippen LogP contribution < -0.4 is 20.7 Å². The Balaban J connectivity index is 1.69. The number of nitrogens with zero attached hydrogens (tertiary/aromatic N) is 3. The summed E-state index contributed by atoms with van der Waals surface area (Å²) in [5.74, 6) is 1.54. The number of amides is 2. The average molecular weight is 394 g/mol. The summed E-state index contributed by atoms with van der Waals surface area (Å²) in [5, 5.41) is 17.6. The van der Waals surface area contributed by atoms with Crippen LogP contribution in [0, 0.1) is 0 Å². The van der Waals surface area contributed by atoms with E-state index in [1.807, 2.05) is 19.1 Å². The van der Waals surface area contributed by atoms with Crippen molar-refractivity contribution in [3.8, 4) is 17.1 Å². The summed E-state index contributed by atoms with van der Waals surface area (Å²) in [6.07, 6.45) is 4.80. The van der Waals surface area contributed by atoms with E-state index in [0.717, 1.165) is 5.56 Å². The van der Waals surface area contributed by atoms with Crippen LogP contribution in [-0.4, -0.2) is 45.8 Å². The van der Waals surface area contributed by atoms with Crippen molar-refractivity contribution in [3.63, 3.8) is 0 Å². The maximum atomic E-state index is 12.1. The van der Waals surface area contributed by atoms with E-state index in [9.17, 15) is 4.79 Å². The Hall–Kier alpha value is -3.72. The average Bonchev–Trinajstić information content (AvgIpc) is 2.74. The number of carbonyl (C=O) groups excluding carboxylic acids is 1. The number of anilines is 3. The van der Waals surface area contributed by atoms with Gasteiger partial charge in [-0.1, -0.05) is 0 Å². The van der Waals surface area contributed by atoms with E-state index in [1.165, 1.54) is 0 Å². The fourth-order valence-corrected chi connectivity index (χ4v) is 2.50. The summed E-state index contributed by atoms with van der Waals surface area (Å²) in [6.45, 7) is 2.69. The number of aliphatic hydroxyl groups is 1. The topological polar surface area (TPSA) is 121 Å². The Bertz CT molecular complexity index is 935. The molecule has 150 valence electrons. The second-order valence-corrected chi connectivity index (χ2v) is 5.88. The molecule has 2 aromatic heterocycles. The summed E-state index contributed by atoms with van der Waals surface area (Å²) in [7, 11) is 0. The van der Waals surface area contributed by atoms with Crippen LogP contribution in [-0.2, 0) is 0 Å². The SMILES string of the molecule is CCOc1cnc(-c2ccc(NC(=O)Nc3ccncc3)cc2)nc1NCCO. The van der Waals surface area contributed by atoms with Crippen molar-refractivity contribution in [2.24, 2.45) is 0 Å². The number of benzene rings is 1. The predicted molar refractivity (Wildman–Crippen MR) is 111 cm³/mol. The molecule has 0 bridgehead atoms. The molecule has 9 heteroatoms. The van der Waals surface area contributed by atoms with E-state index in [-0.39, 0.29) is 12.6 Å². The number of hydrogen-bond donors (Lipinski definition) is 4. The highest BCUT2D eigenvalue weighted by molar-refractivity contribution is 5.99. The second-order valence-electron chi connectivity index (χ2n) is 5.88. The summed E-state index contributed by atoms with van der Waals surface area (Å²) < 4.78 is 5.51. The minimum absolute atomic E-state index is 0.0210. The molecule has 0 saturated carbocycles. The van der Waals surface area contributed by atoms with Gasteiger partial charge in [0.2, 0.25) is 0 Å². The molecule has 3 rings (SSSR count).